The van der Waals surface area contributed by atoms with Gasteiger partial charge in [0.15, 0.2) is 0 Å². The first-order valence-corrected chi connectivity index (χ1v) is 12.6. The van der Waals surface area contributed by atoms with Crippen molar-refractivity contribution in [3.05, 3.63) is 53.6 Å². The van der Waals surface area contributed by atoms with Crippen LogP contribution in [0.1, 0.15) is 48.0 Å². The van der Waals surface area contributed by atoms with Crippen molar-refractivity contribution in [2.45, 2.75) is 50.0 Å². The Morgan fingerprint density at radius 2 is 1.91 bits per heavy atom. The summed E-state index contributed by atoms with van der Waals surface area (Å²) in [5, 5.41) is 2.84. The van der Waals surface area contributed by atoms with E-state index in [1.807, 2.05) is 6.07 Å². The summed E-state index contributed by atoms with van der Waals surface area (Å²) >= 11 is 0. The van der Waals surface area contributed by atoms with Crippen LogP contribution in [0.25, 0.3) is 0 Å². The number of para-hydroxylation sites is 1. The standard InChI is InChI=1S/C24H30N2O5S/c1-18-11-12-19(16-23(18)32(28,29)26-13-5-2-6-14-26)25-24(27)21-9-3-4-10-22(21)31-17-20-8-7-15-30-20/h3-4,9-12,16,20H,2,5-8,13-15,17H2,1H3,(H,25,27). The van der Waals surface area contributed by atoms with Gasteiger partial charge in [0.1, 0.15) is 12.4 Å². The summed E-state index contributed by atoms with van der Waals surface area (Å²) in [5.41, 5.74) is 1.49. The van der Waals surface area contributed by atoms with Gasteiger partial charge in [-0.2, -0.15) is 4.31 Å². The summed E-state index contributed by atoms with van der Waals surface area (Å²) in [6.07, 6.45) is 4.81. The number of carbonyl (C=O) groups is 1. The number of hydrogen-bond acceptors (Lipinski definition) is 5. The van der Waals surface area contributed by atoms with Gasteiger partial charge >= 0.3 is 0 Å². The molecule has 0 saturated carbocycles. The molecule has 2 heterocycles. The first-order valence-electron chi connectivity index (χ1n) is 11.2. The summed E-state index contributed by atoms with van der Waals surface area (Å²) < 4.78 is 39.3. The van der Waals surface area contributed by atoms with Crippen molar-refractivity contribution in [3.8, 4) is 5.75 Å². The van der Waals surface area contributed by atoms with Crippen molar-refractivity contribution >= 4 is 21.6 Å². The maximum absolute atomic E-state index is 13.2. The number of rotatable bonds is 7. The monoisotopic (exact) mass is 458 g/mol. The largest absolute Gasteiger partial charge is 0.490 e. The van der Waals surface area contributed by atoms with Gasteiger partial charge in [0.2, 0.25) is 10.0 Å². The van der Waals surface area contributed by atoms with E-state index in [9.17, 15) is 13.2 Å². The molecule has 1 unspecified atom stereocenters. The zero-order valence-electron chi connectivity index (χ0n) is 18.4. The maximum Gasteiger partial charge on any atom is 0.259 e. The topological polar surface area (TPSA) is 84.9 Å². The first-order chi connectivity index (χ1) is 15.4. The van der Waals surface area contributed by atoms with Gasteiger partial charge in [-0.1, -0.05) is 24.6 Å². The van der Waals surface area contributed by atoms with Crippen LogP contribution < -0.4 is 10.1 Å². The number of amides is 1. The number of benzene rings is 2. The van der Waals surface area contributed by atoms with Crippen LogP contribution in [0.2, 0.25) is 0 Å². The molecule has 1 atom stereocenters. The molecule has 1 N–H and O–H groups in total. The highest BCUT2D eigenvalue weighted by Gasteiger charge is 2.28. The number of carbonyl (C=O) groups excluding carboxylic acids is 1. The van der Waals surface area contributed by atoms with E-state index < -0.39 is 10.0 Å². The van der Waals surface area contributed by atoms with E-state index in [1.54, 1.807) is 47.6 Å². The lowest BCUT2D eigenvalue weighted by molar-refractivity contribution is 0.0673. The fourth-order valence-electron chi connectivity index (χ4n) is 4.14. The molecule has 2 fully saturated rings. The highest BCUT2D eigenvalue weighted by molar-refractivity contribution is 7.89. The molecule has 0 spiro atoms. The molecule has 2 saturated heterocycles. The maximum atomic E-state index is 13.2. The van der Waals surface area contributed by atoms with Crippen LogP contribution in [0.4, 0.5) is 5.69 Å². The second kappa shape index (κ2) is 10.0. The third kappa shape index (κ3) is 5.14. The smallest absolute Gasteiger partial charge is 0.259 e. The van der Waals surface area contributed by atoms with Gasteiger partial charge in [0.05, 0.1) is 16.6 Å². The molecule has 0 radical (unpaired) electrons. The van der Waals surface area contributed by atoms with E-state index >= 15 is 0 Å². The van der Waals surface area contributed by atoms with Gasteiger partial charge in [-0.05, 0) is 62.4 Å². The van der Waals surface area contributed by atoms with Crippen LogP contribution in [0.5, 0.6) is 5.75 Å². The molecular weight excluding hydrogens is 428 g/mol. The number of piperidine rings is 1. The number of aryl methyl sites for hydroxylation is 1. The van der Waals surface area contributed by atoms with E-state index in [2.05, 4.69) is 5.32 Å². The molecule has 2 aliphatic heterocycles. The summed E-state index contributed by atoms with van der Waals surface area (Å²) in [6.45, 7) is 3.98. The van der Waals surface area contributed by atoms with Crippen molar-refractivity contribution < 1.29 is 22.7 Å². The summed E-state index contributed by atoms with van der Waals surface area (Å²) in [5.74, 6) is 0.131. The molecule has 2 aliphatic rings. The molecule has 2 aromatic rings. The minimum absolute atomic E-state index is 0.0470. The lowest BCUT2D eigenvalue weighted by Gasteiger charge is -2.26. The number of nitrogens with zero attached hydrogens (tertiary/aromatic N) is 1. The highest BCUT2D eigenvalue weighted by Crippen LogP contribution is 2.27. The molecule has 0 bridgehead atoms. The molecule has 4 rings (SSSR count). The molecule has 0 aromatic heterocycles. The van der Waals surface area contributed by atoms with Crippen LogP contribution in [0, 0.1) is 6.92 Å². The van der Waals surface area contributed by atoms with Crippen LogP contribution in [-0.4, -0.2) is 51.0 Å². The van der Waals surface area contributed by atoms with Crippen molar-refractivity contribution in [1.82, 2.24) is 4.31 Å². The number of ether oxygens (including phenoxy) is 2. The minimum Gasteiger partial charge on any atom is -0.490 e. The number of hydrogen-bond donors (Lipinski definition) is 1. The Hall–Kier alpha value is -2.42. The number of nitrogens with one attached hydrogen (secondary N) is 1. The molecule has 1 amide bonds. The Balaban J connectivity index is 1.51. The average molecular weight is 459 g/mol. The zero-order valence-corrected chi connectivity index (χ0v) is 19.2. The van der Waals surface area contributed by atoms with Crippen molar-refractivity contribution in [1.29, 1.82) is 0 Å². The van der Waals surface area contributed by atoms with Crippen molar-refractivity contribution in [2.24, 2.45) is 0 Å². The Bertz CT molecular complexity index is 1060. The second-order valence-corrected chi connectivity index (χ2v) is 10.2. The Morgan fingerprint density at radius 1 is 1.12 bits per heavy atom. The van der Waals surface area contributed by atoms with Gasteiger partial charge in [-0.25, -0.2) is 8.42 Å². The molecule has 32 heavy (non-hydrogen) atoms. The number of sulfonamides is 1. The third-order valence-electron chi connectivity index (χ3n) is 5.96. The first kappa shape index (κ1) is 22.8. The average Bonchev–Trinajstić information content (AvgIpc) is 3.33. The van der Waals surface area contributed by atoms with E-state index in [1.165, 1.54) is 0 Å². The van der Waals surface area contributed by atoms with Crippen LogP contribution in [0.15, 0.2) is 47.4 Å². The molecule has 8 heteroatoms. The fraction of sp³-hybridized carbons (Fsp3) is 0.458. The van der Waals surface area contributed by atoms with E-state index in [4.69, 9.17) is 9.47 Å². The van der Waals surface area contributed by atoms with Crippen molar-refractivity contribution in [2.75, 3.05) is 31.6 Å². The Kier molecular flexibility index (Phi) is 7.13. The fourth-order valence-corrected chi connectivity index (χ4v) is 5.91. The molecule has 2 aromatic carbocycles. The summed E-state index contributed by atoms with van der Waals surface area (Å²) in [4.78, 5) is 13.2. The normalized spacial score (nSPS) is 19.6. The highest BCUT2D eigenvalue weighted by atomic mass is 32.2. The minimum atomic E-state index is -3.60. The van der Waals surface area contributed by atoms with Gasteiger partial charge in [-0.15, -0.1) is 0 Å². The lowest BCUT2D eigenvalue weighted by Crippen LogP contribution is -2.36. The molecular formula is C24H30N2O5S. The molecule has 7 nitrogen and oxygen atoms in total. The molecule has 0 aliphatic carbocycles. The van der Waals surface area contributed by atoms with E-state index in [0.717, 1.165) is 38.7 Å². The van der Waals surface area contributed by atoms with E-state index in [0.29, 0.717) is 42.3 Å². The molecule has 172 valence electrons. The Labute approximate surface area is 189 Å². The lowest BCUT2D eigenvalue weighted by atomic mass is 10.1. The number of anilines is 1. The van der Waals surface area contributed by atoms with Crippen LogP contribution in [0.3, 0.4) is 0 Å². The van der Waals surface area contributed by atoms with Gasteiger partial charge in [-0.3, -0.25) is 4.79 Å². The van der Waals surface area contributed by atoms with E-state index in [-0.39, 0.29) is 16.9 Å². The predicted molar refractivity (Wildman–Crippen MR) is 123 cm³/mol. The predicted octanol–water partition coefficient (Wildman–Crippen LogP) is 3.98. The SMILES string of the molecule is Cc1ccc(NC(=O)c2ccccc2OCC2CCCO2)cc1S(=O)(=O)N1CCCCC1. The van der Waals surface area contributed by atoms with Crippen LogP contribution >= 0.6 is 0 Å². The summed E-state index contributed by atoms with van der Waals surface area (Å²) in [6, 6.07) is 12.0. The second-order valence-electron chi connectivity index (χ2n) is 8.34. The van der Waals surface area contributed by atoms with Crippen molar-refractivity contribution in [3.63, 3.8) is 0 Å². The third-order valence-corrected chi connectivity index (χ3v) is 8.00. The zero-order chi connectivity index (χ0) is 22.6. The van der Waals surface area contributed by atoms with Gasteiger partial charge in [0.25, 0.3) is 5.91 Å². The quantitative estimate of drug-likeness (QED) is 0.678. The van der Waals surface area contributed by atoms with Gasteiger partial charge < -0.3 is 14.8 Å². The van der Waals surface area contributed by atoms with Gasteiger partial charge in [0, 0.05) is 25.4 Å². The Morgan fingerprint density at radius 3 is 2.66 bits per heavy atom. The summed E-state index contributed by atoms with van der Waals surface area (Å²) in [7, 11) is -3.60. The van der Waals surface area contributed by atoms with Crippen LogP contribution in [-0.2, 0) is 14.8 Å².